The Morgan fingerprint density at radius 1 is 1.23 bits per heavy atom. The zero-order chi connectivity index (χ0) is 15.1. The molecule has 0 spiro atoms. The van der Waals surface area contributed by atoms with E-state index in [0.29, 0.717) is 12.3 Å². The zero-order valence-corrected chi connectivity index (χ0v) is 13.4. The minimum Gasteiger partial charge on any atom is -0.356 e. The van der Waals surface area contributed by atoms with Gasteiger partial charge in [-0.3, -0.25) is 4.79 Å². The summed E-state index contributed by atoms with van der Waals surface area (Å²) in [5.74, 6) is -0.538. The highest BCUT2D eigenvalue weighted by Crippen LogP contribution is 2.17. The Morgan fingerprint density at radius 3 is 2.50 bits per heavy atom. The number of rotatable bonds is 6. The van der Waals surface area contributed by atoms with E-state index < -0.39 is 11.6 Å². The molecule has 1 amide bonds. The highest BCUT2D eigenvalue weighted by atomic mass is 35.5. The molecule has 1 saturated heterocycles. The first kappa shape index (κ1) is 18.8. The maximum atomic E-state index is 13.4. The Hall–Kier alpha value is -1.20. The van der Waals surface area contributed by atoms with Crippen molar-refractivity contribution in [2.75, 3.05) is 19.6 Å². The number of nitrogens with one attached hydrogen (secondary N) is 2. The summed E-state index contributed by atoms with van der Waals surface area (Å²) in [6, 6.07) is 3.81. The molecular weight excluding hydrogens is 310 g/mol. The fourth-order valence-corrected chi connectivity index (χ4v) is 2.69. The summed E-state index contributed by atoms with van der Waals surface area (Å²) >= 11 is 0. The molecule has 0 saturated carbocycles. The number of hydrogen-bond acceptors (Lipinski definition) is 2. The average molecular weight is 333 g/mol. The first-order valence-electron chi connectivity index (χ1n) is 7.57. The van der Waals surface area contributed by atoms with Crippen molar-refractivity contribution in [3.8, 4) is 0 Å². The number of carbonyl (C=O) groups excluding carboxylic acids is 1. The molecule has 2 rings (SSSR count). The van der Waals surface area contributed by atoms with Crippen molar-refractivity contribution in [1.29, 1.82) is 0 Å². The molecule has 1 aliphatic heterocycles. The first-order chi connectivity index (χ1) is 10.2. The smallest absolute Gasteiger partial charge is 0.220 e. The van der Waals surface area contributed by atoms with Gasteiger partial charge >= 0.3 is 0 Å². The van der Waals surface area contributed by atoms with Gasteiger partial charge in [0, 0.05) is 18.5 Å². The molecule has 0 aliphatic carbocycles. The third-order valence-corrected chi connectivity index (χ3v) is 4.00. The molecule has 0 unspecified atom stereocenters. The van der Waals surface area contributed by atoms with Gasteiger partial charge in [0.25, 0.3) is 0 Å². The van der Waals surface area contributed by atoms with Crippen LogP contribution >= 0.6 is 12.4 Å². The van der Waals surface area contributed by atoms with Crippen LogP contribution in [-0.2, 0) is 11.2 Å². The van der Waals surface area contributed by atoms with Crippen molar-refractivity contribution in [3.05, 3.63) is 35.4 Å². The van der Waals surface area contributed by atoms with Crippen LogP contribution in [-0.4, -0.2) is 25.5 Å². The summed E-state index contributed by atoms with van der Waals surface area (Å²) in [5.41, 5.74) is 0.0381. The number of piperidine rings is 1. The molecule has 1 heterocycles. The van der Waals surface area contributed by atoms with Gasteiger partial charge in [-0.1, -0.05) is 6.07 Å². The normalized spacial score (nSPS) is 15.2. The molecule has 1 aliphatic rings. The van der Waals surface area contributed by atoms with Crippen molar-refractivity contribution in [3.63, 3.8) is 0 Å². The van der Waals surface area contributed by atoms with Gasteiger partial charge in [-0.05, 0) is 56.8 Å². The highest BCUT2D eigenvalue weighted by Gasteiger charge is 2.14. The lowest BCUT2D eigenvalue weighted by atomic mass is 9.93. The molecule has 124 valence electrons. The monoisotopic (exact) mass is 332 g/mol. The molecule has 1 aromatic carbocycles. The van der Waals surface area contributed by atoms with E-state index in [9.17, 15) is 13.6 Å². The van der Waals surface area contributed by atoms with E-state index in [0.717, 1.165) is 32.4 Å². The molecule has 22 heavy (non-hydrogen) atoms. The first-order valence-corrected chi connectivity index (χ1v) is 7.57. The second-order valence-electron chi connectivity index (χ2n) is 5.53. The van der Waals surface area contributed by atoms with Crippen LogP contribution in [0.1, 0.15) is 31.2 Å². The molecule has 0 bridgehead atoms. The van der Waals surface area contributed by atoms with E-state index in [2.05, 4.69) is 10.6 Å². The number of hydrogen-bond donors (Lipinski definition) is 2. The molecule has 2 N–H and O–H groups in total. The van der Waals surface area contributed by atoms with E-state index in [4.69, 9.17) is 0 Å². The summed E-state index contributed by atoms with van der Waals surface area (Å²) in [4.78, 5) is 11.7. The van der Waals surface area contributed by atoms with E-state index in [-0.39, 0.29) is 36.8 Å². The summed E-state index contributed by atoms with van der Waals surface area (Å²) in [5, 5.41) is 6.03. The van der Waals surface area contributed by atoms with E-state index in [1.807, 2.05) is 0 Å². The van der Waals surface area contributed by atoms with Gasteiger partial charge in [-0.25, -0.2) is 8.78 Å². The fourth-order valence-electron chi connectivity index (χ4n) is 2.69. The molecule has 1 aromatic rings. The quantitative estimate of drug-likeness (QED) is 0.841. The van der Waals surface area contributed by atoms with E-state index in [1.165, 1.54) is 18.2 Å². The number of benzene rings is 1. The van der Waals surface area contributed by atoms with Crippen molar-refractivity contribution in [2.24, 2.45) is 5.92 Å². The van der Waals surface area contributed by atoms with Crippen molar-refractivity contribution in [2.45, 2.75) is 32.1 Å². The topological polar surface area (TPSA) is 41.1 Å². The number of halogens is 3. The lowest BCUT2D eigenvalue weighted by molar-refractivity contribution is -0.121. The van der Waals surface area contributed by atoms with Crippen LogP contribution in [0.15, 0.2) is 18.2 Å². The largest absolute Gasteiger partial charge is 0.356 e. The van der Waals surface area contributed by atoms with E-state index in [1.54, 1.807) is 0 Å². The van der Waals surface area contributed by atoms with Gasteiger partial charge in [0.1, 0.15) is 11.6 Å². The number of carbonyl (C=O) groups is 1. The van der Waals surface area contributed by atoms with Crippen LogP contribution in [0, 0.1) is 17.6 Å². The Bertz CT molecular complexity index is 459. The predicted molar refractivity (Wildman–Crippen MR) is 85.1 cm³/mol. The van der Waals surface area contributed by atoms with Gasteiger partial charge in [0.15, 0.2) is 0 Å². The van der Waals surface area contributed by atoms with Gasteiger partial charge in [-0.2, -0.15) is 0 Å². The molecule has 1 fully saturated rings. The summed E-state index contributed by atoms with van der Waals surface area (Å²) < 4.78 is 26.8. The van der Waals surface area contributed by atoms with E-state index >= 15 is 0 Å². The van der Waals surface area contributed by atoms with Gasteiger partial charge < -0.3 is 10.6 Å². The highest BCUT2D eigenvalue weighted by molar-refractivity contribution is 5.85. The van der Waals surface area contributed by atoms with Crippen LogP contribution < -0.4 is 10.6 Å². The standard InChI is InChI=1S/C16H22F2N2O.ClH/c17-14-2-1-3-15(18)13(14)8-11-20-16(21)5-4-12-6-9-19-10-7-12;/h1-3,12,19H,4-11H2,(H,20,21);1H. The van der Waals surface area contributed by atoms with Gasteiger partial charge in [0.05, 0.1) is 0 Å². The Balaban J connectivity index is 0.00000242. The van der Waals surface area contributed by atoms with Crippen LogP contribution in [0.2, 0.25) is 0 Å². The zero-order valence-electron chi connectivity index (χ0n) is 12.5. The Labute approximate surface area is 136 Å². The molecule has 3 nitrogen and oxygen atoms in total. The minimum absolute atomic E-state index is 0. The van der Waals surface area contributed by atoms with Crippen LogP contribution in [0.3, 0.4) is 0 Å². The summed E-state index contributed by atoms with van der Waals surface area (Å²) in [7, 11) is 0. The maximum absolute atomic E-state index is 13.4. The van der Waals surface area contributed by atoms with Crippen LogP contribution in [0.4, 0.5) is 8.78 Å². The Morgan fingerprint density at radius 2 is 1.86 bits per heavy atom. The van der Waals surface area contributed by atoms with Crippen LogP contribution in [0.5, 0.6) is 0 Å². The SMILES string of the molecule is Cl.O=C(CCC1CCNCC1)NCCc1c(F)cccc1F. The maximum Gasteiger partial charge on any atom is 0.220 e. The number of amides is 1. The third-order valence-electron chi connectivity index (χ3n) is 4.00. The molecule has 0 radical (unpaired) electrons. The third kappa shape index (κ3) is 5.89. The average Bonchev–Trinajstić information content (AvgIpc) is 2.49. The van der Waals surface area contributed by atoms with Crippen molar-refractivity contribution < 1.29 is 13.6 Å². The summed E-state index contributed by atoms with van der Waals surface area (Å²) in [6.07, 6.45) is 3.80. The lowest BCUT2D eigenvalue weighted by Gasteiger charge is -2.22. The molecule has 0 aromatic heterocycles. The fraction of sp³-hybridized carbons (Fsp3) is 0.562. The van der Waals surface area contributed by atoms with Gasteiger partial charge in [-0.15, -0.1) is 12.4 Å². The molecular formula is C16H23ClF2N2O. The second kappa shape index (κ2) is 9.74. The second-order valence-corrected chi connectivity index (χ2v) is 5.53. The van der Waals surface area contributed by atoms with Crippen molar-refractivity contribution in [1.82, 2.24) is 10.6 Å². The predicted octanol–water partition coefficient (Wildman–Crippen LogP) is 2.83. The minimum atomic E-state index is -0.557. The van der Waals surface area contributed by atoms with Crippen LogP contribution in [0.25, 0.3) is 0 Å². The molecule has 0 atom stereocenters. The Kier molecular flexibility index (Phi) is 8.35. The molecule has 6 heteroatoms. The van der Waals surface area contributed by atoms with Gasteiger partial charge in [0.2, 0.25) is 5.91 Å². The van der Waals surface area contributed by atoms with Crippen molar-refractivity contribution >= 4 is 18.3 Å². The summed E-state index contributed by atoms with van der Waals surface area (Å²) in [6.45, 7) is 2.32. The lowest BCUT2D eigenvalue weighted by Crippen LogP contribution is -2.30.